The highest BCUT2D eigenvalue weighted by Crippen LogP contribution is 2.15. The van der Waals surface area contributed by atoms with Gasteiger partial charge in [-0.05, 0) is 13.0 Å². The van der Waals surface area contributed by atoms with Crippen molar-refractivity contribution >= 4 is 17.5 Å². The molecule has 0 aliphatic heterocycles. The molecule has 0 atom stereocenters. The number of halogens is 1. The third-order valence-corrected chi connectivity index (χ3v) is 1.87. The molecule has 0 saturated carbocycles. The topological polar surface area (TPSA) is 45.2 Å². The van der Waals surface area contributed by atoms with Gasteiger partial charge >= 0.3 is 0 Å². The van der Waals surface area contributed by atoms with E-state index in [1.54, 1.807) is 25.2 Å². The van der Waals surface area contributed by atoms with Gasteiger partial charge in [-0.2, -0.15) is 0 Å². The molecule has 4 nitrogen and oxygen atoms in total. The first kappa shape index (κ1) is 10.9. The normalized spacial score (nSPS) is 10.4. The van der Waals surface area contributed by atoms with Gasteiger partial charge in [0.2, 0.25) is 0 Å². The summed E-state index contributed by atoms with van der Waals surface area (Å²) in [5, 5.41) is 1.97. The first-order valence-electron chi connectivity index (χ1n) is 4.11. The fraction of sp³-hybridized carbons (Fsp3) is 0.333. The van der Waals surface area contributed by atoms with Crippen molar-refractivity contribution in [1.82, 2.24) is 15.4 Å². The smallest absolute Gasteiger partial charge is 0.268 e. The number of carbonyl (C=O) groups excluding carboxylic acids is 1. The Hall–Kier alpha value is -1.13. The van der Waals surface area contributed by atoms with Gasteiger partial charge in [0.05, 0.1) is 10.6 Å². The van der Waals surface area contributed by atoms with Crippen molar-refractivity contribution in [2.75, 3.05) is 14.1 Å². The number of pyridine rings is 1. The highest BCUT2D eigenvalue weighted by molar-refractivity contribution is 6.33. The van der Waals surface area contributed by atoms with Gasteiger partial charge in [0.1, 0.15) is 0 Å². The molecule has 1 N–H and O–H groups in total. The zero-order chi connectivity index (χ0) is 10.7. The molecule has 1 heterocycles. The average Bonchev–Trinajstić information content (AvgIpc) is 2.01. The summed E-state index contributed by atoms with van der Waals surface area (Å²) in [7, 11) is 3.46. The van der Waals surface area contributed by atoms with Crippen LogP contribution in [0.4, 0.5) is 0 Å². The quantitative estimate of drug-likeness (QED) is 0.753. The lowest BCUT2D eigenvalue weighted by Gasteiger charge is -2.12. The second kappa shape index (κ2) is 4.39. The summed E-state index contributed by atoms with van der Waals surface area (Å²) in [6, 6.07) is 1.66. The van der Waals surface area contributed by atoms with E-state index in [4.69, 9.17) is 11.6 Å². The predicted molar refractivity (Wildman–Crippen MR) is 55.1 cm³/mol. The maximum Gasteiger partial charge on any atom is 0.268 e. The van der Waals surface area contributed by atoms with Gasteiger partial charge in [-0.3, -0.25) is 15.2 Å². The molecular formula is C9H12ClN3O. The number of nitrogens with one attached hydrogen (secondary N) is 1. The van der Waals surface area contributed by atoms with Crippen molar-refractivity contribution in [2.45, 2.75) is 6.92 Å². The van der Waals surface area contributed by atoms with Gasteiger partial charge in [0.15, 0.2) is 0 Å². The Morgan fingerprint density at radius 3 is 2.71 bits per heavy atom. The Bertz CT molecular complexity index is 352. The van der Waals surface area contributed by atoms with Crippen molar-refractivity contribution in [3.63, 3.8) is 0 Å². The lowest BCUT2D eigenvalue weighted by molar-refractivity contribution is 0.0856. The zero-order valence-electron chi connectivity index (χ0n) is 8.34. The van der Waals surface area contributed by atoms with E-state index < -0.39 is 0 Å². The molecule has 0 aromatic carbocycles. The molecule has 1 rings (SSSR count). The van der Waals surface area contributed by atoms with Crippen LogP contribution in [0.5, 0.6) is 0 Å². The largest absolute Gasteiger partial charge is 0.285 e. The third-order valence-electron chi connectivity index (χ3n) is 1.56. The minimum absolute atomic E-state index is 0.257. The molecule has 0 fully saturated rings. The molecule has 0 bridgehead atoms. The molecule has 1 aromatic heterocycles. The Kier molecular flexibility index (Phi) is 3.43. The SMILES string of the molecule is Cc1cc(Cl)c(C(=O)NN(C)C)cn1. The van der Waals surface area contributed by atoms with E-state index in [1.165, 1.54) is 6.20 Å². The second-order valence-electron chi connectivity index (χ2n) is 3.14. The van der Waals surface area contributed by atoms with Crippen LogP contribution in [0.25, 0.3) is 0 Å². The van der Waals surface area contributed by atoms with Gasteiger partial charge in [0, 0.05) is 26.0 Å². The maximum atomic E-state index is 11.5. The van der Waals surface area contributed by atoms with Crippen LogP contribution in [0, 0.1) is 6.92 Å². The molecule has 0 spiro atoms. The molecule has 5 heteroatoms. The van der Waals surface area contributed by atoms with Crippen LogP contribution in [0.3, 0.4) is 0 Å². The Morgan fingerprint density at radius 1 is 1.57 bits per heavy atom. The molecule has 1 amide bonds. The lowest BCUT2D eigenvalue weighted by Crippen LogP contribution is -2.36. The fourth-order valence-corrected chi connectivity index (χ4v) is 1.25. The number of amides is 1. The minimum atomic E-state index is -0.257. The van der Waals surface area contributed by atoms with Crippen molar-refractivity contribution in [3.05, 3.63) is 28.5 Å². The summed E-state index contributed by atoms with van der Waals surface area (Å²) in [4.78, 5) is 15.5. The van der Waals surface area contributed by atoms with Crippen LogP contribution in [-0.2, 0) is 0 Å². The van der Waals surface area contributed by atoms with Crippen LogP contribution >= 0.6 is 11.6 Å². The van der Waals surface area contributed by atoms with E-state index in [0.717, 1.165) is 5.69 Å². The van der Waals surface area contributed by atoms with Gasteiger partial charge in [0.25, 0.3) is 5.91 Å². The van der Waals surface area contributed by atoms with Gasteiger partial charge in [-0.25, -0.2) is 5.01 Å². The molecular weight excluding hydrogens is 202 g/mol. The van der Waals surface area contributed by atoms with E-state index in [0.29, 0.717) is 10.6 Å². The van der Waals surface area contributed by atoms with Crippen LogP contribution < -0.4 is 5.43 Å². The van der Waals surface area contributed by atoms with E-state index in [9.17, 15) is 4.79 Å². The Labute approximate surface area is 87.9 Å². The van der Waals surface area contributed by atoms with Gasteiger partial charge in [-0.15, -0.1) is 0 Å². The Morgan fingerprint density at radius 2 is 2.21 bits per heavy atom. The van der Waals surface area contributed by atoms with Crippen molar-refractivity contribution in [1.29, 1.82) is 0 Å². The van der Waals surface area contributed by atoms with Gasteiger partial charge in [-0.1, -0.05) is 11.6 Å². The van der Waals surface area contributed by atoms with E-state index in [2.05, 4.69) is 10.4 Å². The number of hydrogen-bond donors (Lipinski definition) is 1. The van der Waals surface area contributed by atoms with Gasteiger partial charge < -0.3 is 0 Å². The third kappa shape index (κ3) is 2.68. The van der Waals surface area contributed by atoms with Crippen LogP contribution in [0.2, 0.25) is 5.02 Å². The second-order valence-corrected chi connectivity index (χ2v) is 3.55. The van der Waals surface area contributed by atoms with Crippen molar-refractivity contribution in [3.8, 4) is 0 Å². The summed E-state index contributed by atoms with van der Waals surface area (Å²) < 4.78 is 0. The fourth-order valence-electron chi connectivity index (χ4n) is 0.957. The standard InChI is InChI=1S/C9H12ClN3O/c1-6-4-8(10)7(5-11-6)9(14)12-13(2)3/h4-5H,1-3H3,(H,12,14). The number of carbonyl (C=O) groups is 1. The van der Waals surface area contributed by atoms with Crippen LogP contribution in [0.15, 0.2) is 12.3 Å². The first-order chi connectivity index (χ1) is 6.50. The molecule has 0 unspecified atom stereocenters. The molecule has 0 aliphatic rings. The summed E-state index contributed by atoms with van der Waals surface area (Å²) in [5.41, 5.74) is 3.76. The molecule has 14 heavy (non-hydrogen) atoms. The number of aryl methyl sites for hydroxylation is 1. The first-order valence-corrected chi connectivity index (χ1v) is 4.49. The molecule has 0 radical (unpaired) electrons. The molecule has 0 aliphatic carbocycles. The maximum absolute atomic E-state index is 11.5. The number of nitrogens with zero attached hydrogens (tertiary/aromatic N) is 2. The minimum Gasteiger partial charge on any atom is -0.285 e. The molecule has 0 saturated heterocycles. The Balaban J connectivity index is 2.90. The predicted octanol–water partition coefficient (Wildman–Crippen LogP) is 1.25. The van der Waals surface area contributed by atoms with Crippen LogP contribution in [-0.4, -0.2) is 30.0 Å². The van der Waals surface area contributed by atoms with Crippen LogP contribution in [0.1, 0.15) is 16.1 Å². The van der Waals surface area contributed by atoms with E-state index >= 15 is 0 Å². The zero-order valence-corrected chi connectivity index (χ0v) is 9.09. The van der Waals surface area contributed by atoms with E-state index in [1.807, 2.05) is 6.92 Å². The monoisotopic (exact) mass is 213 g/mol. The molecule has 76 valence electrons. The highest BCUT2D eigenvalue weighted by atomic mass is 35.5. The summed E-state index contributed by atoms with van der Waals surface area (Å²) in [5.74, 6) is -0.257. The van der Waals surface area contributed by atoms with E-state index in [-0.39, 0.29) is 5.91 Å². The highest BCUT2D eigenvalue weighted by Gasteiger charge is 2.10. The number of aromatic nitrogens is 1. The summed E-state index contributed by atoms with van der Waals surface area (Å²) in [6.45, 7) is 1.82. The van der Waals surface area contributed by atoms with Crippen molar-refractivity contribution < 1.29 is 4.79 Å². The number of hydrogen-bond acceptors (Lipinski definition) is 3. The summed E-state index contributed by atoms with van der Waals surface area (Å²) in [6.07, 6.45) is 1.47. The summed E-state index contributed by atoms with van der Waals surface area (Å²) >= 11 is 5.89. The number of hydrazine groups is 1. The lowest BCUT2D eigenvalue weighted by atomic mass is 10.2. The number of rotatable bonds is 2. The van der Waals surface area contributed by atoms with Crippen molar-refractivity contribution in [2.24, 2.45) is 0 Å². The molecule has 1 aromatic rings. The average molecular weight is 214 g/mol.